The quantitative estimate of drug-likeness (QED) is 0.485. The Morgan fingerprint density at radius 2 is 2.09 bits per heavy atom. The fourth-order valence-electron chi connectivity index (χ4n) is 1.32. The zero-order chi connectivity index (χ0) is 8.10. The van der Waals surface area contributed by atoms with Crippen molar-refractivity contribution >= 4 is 11.8 Å². The van der Waals surface area contributed by atoms with Gasteiger partial charge in [-0.2, -0.15) is 11.8 Å². The Morgan fingerprint density at radius 3 is 2.64 bits per heavy atom. The SMILES string of the molecule is O=[N+]([O-])CCC1CCSCC1. The van der Waals surface area contributed by atoms with Crippen molar-refractivity contribution in [2.24, 2.45) is 5.92 Å². The van der Waals surface area contributed by atoms with E-state index in [4.69, 9.17) is 0 Å². The van der Waals surface area contributed by atoms with Gasteiger partial charge in [0.05, 0.1) is 0 Å². The third-order valence-electron chi connectivity index (χ3n) is 2.06. The Labute approximate surface area is 70.7 Å². The first-order valence-electron chi connectivity index (χ1n) is 3.98. The minimum absolute atomic E-state index is 0.162. The van der Waals surface area contributed by atoms with Gasteiger partial charge in [0.15, 0.2) is 0 Å². The van der Waals surface area contributed by atoms with E-state index in [1.807, 2.05) is 11.8 Å². The first kappa shape index (κ1) is 8.84. The summed E-state index contributed by atoms with van der Waals surface area (Å²) in [6.45, 7) is 0.162. The monoisotopic (exact) mass is 175 g/mol. The highest BCUT2D eigenvalue weighted by Crippen LogP contribution is 2.24. The minimum Gasteiger partial charge on any atom is -0.265 e. The molecule has 3 nitrogen and oxygen atoms in total. The summed E-state index contributed by atoms with van der Waals surface area (Å²) in [5, 5.41) is 10.0. The summed E-state index contributed by atoms with van der Waals surface area (Å²) in [5.74, 6) is 3.02. The van der Waals surface area contributed by atoms with E-state index in [1.54, 1.807) is 0 Å². The third kappa shape index (κ3) is 3.60. The van der Waals surface area contributed by atoms with Gasteiger partial charge in [-0.3, -0.25) is 10.1 Å². The van der Waals surface area contributed by atoms with Crippen LogP contribution >= 0.6 is 11.8 Å². The molecule has 0 radical (unpaired) electrons. The number of hydrogen-bond acceptors (Lipinski definition) is 3. The highest BCUT2D eigenvalue weighted by atomic mass is 32.2. The molecule has 0 atom stereocenters. The van der Waals surface area contributed by atoms with Crippen LogP contribution in [0.2, 0.25) is 0 Å². The van der Waals surface area contributed by atoms with Crippen LogP contribution in [0, 0.1) is 16.0 Å². The van der Waals surface area contributed by atoms with Crippen LogP contribution in [0.15, 0.2) is 0 Å². The van der Waals surface area contributed by atoms with E-state index < -0.39 is 0 Å². The van der Waals surface area contributed by atoms with Crippen molar-refractivity contribution in [3.63, 3.8) is 0 Å². The summed E-state index contributed by atoms with van der Waals surface area (Å²) in [7, 11) is 0. The molecule has 11 heavy (non-hydrogen) atoms. The molecule has 0 saturated carbocycles. The molecule has 1 heterocycles. The third-order valence-corrected chi connectivity index (χ3v) is 3.11. The van der Waals surface area contributed by atoms with Crippen molar-refractivity contribution in [3.8, 4) is 0 Å². The lowest BCUT2D eigenvalue weighted by atomic mass is 9.99. The van der Waals surface area contributed by atoms with Gasteiger partial charge in [0, 0.05) is 11.3 Å². The molecule has 1 aliphatic heterocycles. The summed E-state index contributed by atoms with van der Waals surface area (Å²) in [6, 6.07) is 0. The molecule has 0 aromatic heterocycles. The van der Waals surface area contributed by atoms with E-state index in [2.05, 4.69) is 0 Å². The number of hydrogen-bond donors (Lipinski definition) is 0. The number of thioether (sulfide) groups is 1. The largest absolute Gasteiger partial charge is 0.265 e. The van der Waals surface area contributed by atoms with Gasteiger partial charge < -0.3 is 0 Å². The lowest BCUT2D eigenvalue weighted by molar-refractivity contribution is -0.481. The van der Waals surface area contributed by atoms with Crippen molar-refractivity contribution < 1.29 is 4.92 Å². The van der Waals surface area contributed by atoms with Gasteiger partial charge >= 0.3 is 0 Å². The molecule has 64 valence electrons. The average molecular weight is 175 g/mol. The van der Waals surface area contributed by atoms with Crippen LogP contribution in [0.5, 0.6) is 0 Å². The molecule has 4 heteroatoms. The highest BCUT2D eigenvalue weighted by Gasteiger charge is 2.15. The van der Waals surface area contributed by atoms with Crippen LogP contribution in [0.3, 0.4) is 0 Å². The molecule has 1 aliphatic rings. The smallest absolute Gasteiger partial charge is 0.204 e. The normalized spacial score (nSPS) is 20.0. The second-order valence-corrected chi connectivity index (χ2v) is 4.13. The fraction of sp³-hybridized carbons (Fsp3) is 1.00. The van der Waals surface area contributed by atoms with Crippen LogP contribution in [0.1, 0.15) is 19.3 Å². The summed E-state index contributed by atoms with van der Waals surface area (Å²) in [6.07, 6.45) is 3.14. The number of nitrogens with zero attached hydrogens (tertiary/aromatic N) is 1. The van der Waals surface area contributed by atoms with E-state index in [0.717, 1.165) is 6.42 Å². The Hall–Kier alpha value is -0.250. The van der Waals surface area contributed by atoms with Gasteiger partial charge in [-0.05, 0) is 30.3 Å². The lowest BCUT2D eigenvalue weighted by Gasteiger charge is -2.19. The standard InChI is InChI=1S/C7H13NO2S/c9-8(10)4-1-7-2-5-11-6-3-7/h7H,1-6H2. The average Bonchev–Trinajstić information content (AvgIpc) is 2.03. The summed E-state index contributed by atoms with van der Waals surface area (Å²) in [4.78, 5) is 9.84. The summed E-state index contributed by atoms with van der Waals surface area (Å²) < 4.78 is 0. The van der Waals surface area contributed by atoms with E-state index in [9.17, 15) is 10.1 Å². The van der Waals surface area contributed by atoms with Crippen LogP contribution in [0.25, 0.3) is 0 Å². The molecule has 1 saturated heterocycles. The molecule has 0 aliphatic carbocycles. The Morgan fingerprint density at radius 1 is 1.45 bits per heavy atom. The summed E-state index contributed by atoms with van der Waals surface area (Å²) in [5.41, 5.74) is 0. The zero-order valence-corrected chi connectivity index (χ0v) is 7.31. The first-order valence-corrected chi connectivity index (χ1v) is 5.14. The van der Waals surface area contributed by atoms with Crippen LogP contribution < -0.4 is 0 Å². The molecule has 0 bridgehead atoms. The van der Waals surface area contributed by atoms with Gasteiger partial charge in [-0.25, -0.2) is 0 Å². The topological polar surface area (TPSA) is 43.1 Å². The predicted molar refractivity (Wildman–Crippen MR) is 46.5 cm³/mol. The van der Waals surface area contributed by atoms with E-state index in [-0.39, 0.29) is 11.5 Å². The van der Waals surface area contributed by atoms with Crippen LogP contribution in [0.4, 0.5) is 0 Å². The van der Waals surface area contributed by atoms with E-state index in [1.165, 1.54) is 24.3 Å². The summed E-state index contributed by atoms with van der Waals surface area (Å²) >= 11 is 1.96. The predicted octanol–water partition coefficient (Wildman–Crippen LogP) is 1.80. The highest BCUT2D eigenvalue weighted by molar-refractivity contribution is 7.99. The second-order valence-electron chi connectivity index (χ2n) is 2.90. The van der Waals surface area contributed by atoms with Crippen molar-refractivity contribution in [2.45, 2.75) is 19.3 Å². The maximum atomic E-state index is 10.0. The second kappa shape index (κ2) is 4.59. The van der Waals surface area contributed by atoms with Crippen molar-refractivity contribution in [1.29, 1.82) is 0 Å². The lowest BCUT2D eigenvalue weighted by Crippen LogP contribution is -2.14. The Balaban J connectivity index is 2.09. The van der Waals surface area contributed by atoms with Gasteiger partial charge in [0.25, 0.3) is 0 Å². The van der Waals surface area contributed by atoms with Crippen molar-refractivity contribution in [2.75, 3.05) is 18.1 Å². The molecule has 0 spiro atoms. The van der Waals surface area contributed by atoms with Crippen LogP contribution in [-0.4, -0.2) is 23.0 Å². The Bertz CT molecular complexity index is 134. The molecule has 0 unspecified atom stereocenters. The molecular formula is C7H13NO2S. The number of nitro groups is 1. The van der Waals surface area contributed by atoms with Gasteiger partial charge in [0.2, 0.25) is 6.54 Å². The van der Waals surface area contributed by atoms with Gasteiger partial charge in [-0.1, -0.05) is 0 Å². The fourth-order valence-corrected chi connectivity index (χ4v) is 2.53. The molecule has 0 N–H and O–H groups in total. The van der Waals surface area contributed by atoms with E-state index in [0.29, 0.717) is 5.92 Å². The zero-order valence-electron chi connectivity index (χ0n) is 6.49. The number of rotatable bonds is 3. The maximum Gasteiger partial charge on any atom is 0.204 e. The van der Waals surface area contributed by atoms with Gasteiger partial charge in [-0.15, -0.1) is 0 Å². The minimum atomic E-state index is -0.207. The van der Waals surface area contributed by atoms with E-state index >= 15 is 0 Å². The van der Waals surface area contributed by atoms with Crippen LogP contribution in [-0.2, 0) is 0 Å². The Kier molecular flexibility index (Phi) is 3.69. The molecule has 1 rings (SSSR count). The molecule has 1 fully saturated rings. The van der Waals surface area contributed by atoms with Gasteiger partial charge in [0.1, 0.15) is 0 Å². The molecule has 0 aromatic carbocycles. The molecule has 0 amide bonds. The first-order chi connectivity index (χ1) is 5.29. The van der Waals surface area contributed by atoms with Crippen molar-refractivity contribution in [3.05, 3.63) is 10.1 Å². The molecular weight excluding hydrogens is 162 g/mol. The van der Waals surface area contributed by atoms with Crippen molar-refractivity contribution in [1.82, 2.24) is 0 Å². The maximum absolute atomic E-state index is 10.0. The molecule has 0 aromatic rings.